The molecule has 19 heavy (non-hydrogen) atoms. The largest absolute Gasteiger partial charge is 0.389 e. The van der Waals surface area contributed by atoms with E-state index in [1.54, 1.807) is 12.1 Å². The van der Waals surface area contributed by atoms with E-state index in [0.717, 1.165) is 32.2 Å². The first kappa shape index (κ1) is 14.7. The van der Waals surface area contributed by atoms with Crippen LogP contribution in [0.15, 0.2) is 16.6 Å². The Labute approximate surface area is 127 Å². The van der Waals surface area contributed by atoms with Crippen molar-refractivity contribution in [1.82, 2.24) is 0 Å². The Bertz CT molecular complexity index is 489. The number of halogens is 2. The average molecular weight is 345 g/mol. The molecule has 1 aliphatic rings. The van der Waals surface area contributed by atoms with Gasteiger partial charge in [-0.05, 0) is 47.3 Å². The van der Waals surface area contributed by atoms with Crippen molar-refractivity contribution in [2.45, 2.75) is 38.6 Å². The Hall–Kier alpha value is -0.680. The lowest BCUT2D eigenvalue weighted by Gasteiger charge is -2.26. The Morgan fingerprint density at radius 2 is 2.21 bits per heavy atom. The fraction of sp³-hybridized carbons (Fsp3) is 0.500. The van der Waals surface area contributed by atoms with Gasteiger partial charge < -0.3 is 10.6 Å². The maximum absolute atomic E-state index is 14.5. The lowest BCUT2D eigenvalue weighted by molar-refractivity contribution is 0.604. The Kier molecular flexibility index (Phi) is 4.79. The van der Waals surface area contributed by atoms with E-state index in [1.165, 1.54) is 0 Å². The molecule has 0 heterocycles. The zero-order chi connectivity index (χ0) is 14.0. The van der Waals surface area contributed by atoms with Gasteiger partial charge in [-0.2, -0.15) is 0 Å². The van der Waals surface area contributed by atoms with Crippen LogP contribution in [0.4, 0.5) is 10.1 Å². The van der Waals surface area contributed by atoms with Crippen molar-refractivity contribution in [3.8, 4) is 0 Å². The quantitative estimate of drug-likeness (QED) is 0.791. The number of thiocarbonyl (C=S) groups is 1. The van der Waals surface area contributed by atoms with Crippen LogP contribution in [0.2, 0.25) is 0 Å². The van der Waals surface area contributed by atoms with Gasteiger partial charge >= 0.3 is 0 Å². The lowest BCUT2D eigenvalue weighted by atomic mass is 10.1. The van der Waals surface area contributed by atoms with Crippen LogP contribution >= 0.6 is 28.1 Å². The molecule has 2 N–H and O–H groups in total. The Morgan fingerprint density at radius 1 is 1.53 bits per heavy atom. The molecule has 5 heteroatoms. The van der Waals surface area contributed by atoms with E-state index < -0.39 is 0 Å². The summed E-state index contributed by atoms with van der Waals surface area (Å²) < 4.78 is 14.9. The second-order valence-electron chi connectivity index (χ2n) is 4.90. The highest BCUT2D eigenvalue weighted by Gasteiger charge is 2.31. The van der Waals surface area contributed by atoms with Gasteiger partial charge in [-0.25, -0.2) is 4.39 Å². The number of rotatable bonds is 6. The van der Waals surface area contributed by atoms with Crippen LogP contribution in [-0.2, 0) is 0 Å². The van der Waals surface area contributed by atoms with Gasteiger partial charge in [0.25, 0.3) is 0 Å². The molecule has 0 aromatic heterocycles. The molecule has 1 aliphatic carbocycles. The molecule has 104 valence electrons. The number of nitrogens with zero attached hydrogens (tertiary/aromatic N) is 1. The normalized spacial score (nSPS) is 14.5. The average Bonchev–Trinajstić information content (AvgIpc) is 3.18. The third-order valence-corrected chi connectivity index (χ3v) is 4.37. The molecule has 0 radical (unpaired) electrons. The van der Waals surface area contributed by atoms with Gasteiger partial charge in [0, 0.05) is 18.2 Å². The molecule has 0 saturated heterocycles. The van der Waals surface area contributed by atoms with Crippen molar-refractivity contribution in [1.29, 1.82) is 0 Å². The molecule has 1 saturated carbocycles. The number of unbranched alkanes of at least 4 members (excludes halogenated alkanes) is 1. The van der Waals surface area contributed by atoms with E-state index in [2.05, 4.69) is 27.8 Å². The Morgan fingerprint density at radius 3 is 2.74 bits per heavy atom. The third kappa shape index (κ3) is 3.26. The first-order valence-corrected chi connectivity index (χ1v) is 7.80. The summed E-state index contributed by atoms with van der Waals surface area (Å²) in [5, 5.41) is 0. The van der Waals surface area contributed by atoms with Gasteiger partial charge in [0.05, 0.1) is 10.2 Å². The minimum atomic E-state index is -0.256. The molecule has 2 nitrogen and oxygen atoms in total. The van der Waals surface area contributed by atoms with Gasteiger partial charge in [0.2, 0.25) is 0 Å². The zero-order valence-electron chi connectivity index (χ0n) is 11.0. The number of hydrogen-bond acceptors (Lipinski definition) is 2. The number of nitrogens with two attached hydrogens (primary N) is 1. The number of hydrogen-bond donors (Lipinski definition) is 1. The molecule has 1 fully saturated rings. The van der Waals surface area contributed by atoms with Crippen LogP contribution in [0.5, 0.6) is 0 Å². The fourth-order valence-corrected chi connectivity index (χ4v) is 3.02. The van der Waals surface area contributed by atoms with Crippen LogP contribution in [0, 0.1) is 5.82 Å². The van der Waals surface area contributed by atoms with E-state index in [1.807, 2.05) is 0 Å². The summed E-state index contributed by atoms with van der Waals surface area (Å²) >= 11 is 8.19. The maximum Gasteiger partial charge on any atom is 0.161 e. The fourth-order valence-electron chi connectivity index (χ4n) is 2.17. The standard InChI is InChI=1S/C14H18BrFN2S/c1-2-3-8-18(9-4-5-9)11-7-6-10(14(17)19)12(15)13(11)16/h6-7,9H,2-5,8H2,1H3,(H2,17,19). The topological polar surface area (TPSA) is 29.3 Å². The van der Waals surface area contributed by atoms with Gasteiger partial charge in [-0.1, -0.05) is 25.6 Å². The molecule has 2 rings (SSSR count). The van der Waals surface area contributed by atoms with Crippen LogP contribution < -0.4 is 10.6 Å². The van der Waals surface area contributed by atoms with Crippen molar-refractivity contribution in [2.24, 2.45) is 5.73 Å². The van der Waals surface area contributed by atoms with Gasteiger partial charge in [-0.3, -0.25) is 0 Å². The molecule has 0 unspecified atom stereocenters. The third-order valence-electron chi connectivity index (χ3n) is 3.38. The second kappa shape index (κ2) is 6.18. The van der Waals surface area contributed by atoms with E-state index >= 15 is 0 Å². The van der Waals surface area contributed by atoms with Crippen molar-refractivity contribution in [2.75, 3.05) is 11.4 Å². The molecule has 0 bridgehead atoms. The number of anilines is 1. The molecule has 0 spiro atoms. The summed E-state index contributed by atoms with van der Waals surface area (Å²) in [6.07, 6.45) is 4.48. The lowest BCUT2D eigenvalue weighted by Crippen LogP contribution is -2.28. The molecule has 1 aromatic rings. The highest BCUT2D eigenvalue weighted by molar-refractivity contribution is 9.10. The van der Waals surface area contributed by atoms with Gasteiger partial charge in [0.15, 0.2) is 5.82 Å². The summed E-state index contributed by atoms with van der Waals surface area (Å²) in [4.78, 5) is 2.39. The maximum atomic E-state index is 14.5. The molecule has 0 aliphatic heterocycles. The minimum Gasteiger partial charge on any atom is -0.389 e. The zero-order valence-corrected chi connectivity index (χ0v) is 13.4. The smallest absolute Gasteiger partial charge is 0.161 e. The van der Waals surface area contributed by atoms with Crippen molar-refractivity contribution >= 4 is 38.8 Å². The molecule has 0 amide bonds. The highest BCUT2D eigenvalue weighted by atomic mass is 79.9. The molecular formula is C14H18BrFN2S. The summed E-state index contributed by atoms with van der Waals surface area (Å²) in [6.45, 7) is 3.05. The molecular weight excluding hydrogens is 327 g/mol. The van der Waals surface area contributed by atoms with Crippen LogP contribution in [0.3, 0.4) is 0 Å². The first-order chi connectivity index (χ1) is 9.06. The van der Waals surface area contributed by atoms with Crippen LogP contribution in [0.1, 0.15) is 38.2 Å². The van der Waals surface area contributed by atoms with Crippen molar-refractivity contribution < 1.29 is 4.39 Å². The summed E-state index contributed by atoms with van der Waals surface area (Å²) in [5.41, 5.74) is 6.80. The summed E-state index contributed by atoms with van der Waals surface area (Å²) in [7, 11) is 0. The predicted molar refractivity (Wildman–Crippen MR) is 85.3 cm³/mol. The number of benzene rings is 1. The Balaban J connectivity index is 2.32. The van der Waals surface area contributed by atoms with E-state index in [-0.39, 0.29) is 10.8 Å². The van der Waals surface area contributed by atoms with Crippen molar-refractivity contribution in [3.63, 3.8) is 0 Å². The van der Waals surface area contributed by atoms with Crippen molar-refractivity contribution in [3.05, 3.63) is 28.0 Å². The molecule has 1 aromatic carbocycles. The van der Waals surface area contributed by atoms with Crippen LogP contribution in [-0.4, -0.2) is 17.6 Å². The van der Waals surface area contributed by atoms with E-state index in [4.69, 9.17) is 18.0 Å². The van der Waals surface area contributed by atoms with E-state index in [9.17, 15) is 4.39 Å². The van der Waals surface area contributed by atoms with Crippen LogP contribution in [0.25, 0.3) is 0 Å². The monoisotopic (exact) mass is 344 g/mol. The van der Waals surface area contributed by atoms with E-state index in [0.29, 0.717) is 21.8 Å². The second-order valence-corrected chi connectivity index (χ2v) is 6.14. The molecule has 0 atom stereocenters. The predicted octanol–water partition coefficient (Wildman–Crippen LogP) is 3.99. The minimum absolute atomic E-state index is 0.212. The van der Waals surface area contributed by atoms with Gasteiger partial charge in [-0.15, -0.1) is 0 Å². The highest BCUT2D eigenvalue weighted by Crippen LogP contribution is 2.36. The first-order valence-electron chi connectivity index (χ1n) is 6.60. The SMILES string of the molecule is CCCCN(c1ccc(C(N)=S)c(Br)c1F)C1CC1. The summed E-state index contributed by atoms with van der Waals surface area (Å²) in [6, 6.07) is 4.08. The van der Waals surface area contributed by atoms with Gasteiger partial charge in [0.1, 0.15) is 4.99 Å². The summed E-state index contributed by atoms with van der Waals surface area (Å²) in [5.74, 6) is -0.256.